The highest BCUT2D eigenvalue weighted by molar-refractivity contribution is 9.10. The number of nitrogens with one attached hydrogen (secondary N) is 1. The molecular weight excluding hydrogens is 454 g/mol. The monoisotopic (exact) mass is 479 g/mol. The zero-order valence-corrected chi connectivity index (χ0v) is 18.9. The minimum atomic E-state index is -0.301. The van der Waals surface area contributed by atoms with E-state index in [9.17, 15) is 9.59 Å². The topological polar surface area (TPSA) is 84.7 Å². The number of carbonyl (C=O) groups excluding carboxylic acids is 2. The van der Waals surface area contributed by atoms with E-state index in [2.05, 4.69) is 28.2 Å². The van der Waals surface area contributed by atoms with Crippen molar-refractivity contribution in [2.24, 2.45) is 0 Å². The molecule has 1 saturated heterocycles. The maximum atomic E-state index is 12.8. The maximum Gasteiger partial charge on any atom is 0.409 e. The lowest BCUT2D eigenvalue weighted by molar-refractivity contribution is 0.0798. The van der Waals surface area contributed by atoms with Crippen molar-refractivity contribution in [3.05, 3.63) is 39.7 Å². The Hall–Kier alpha value is -2.06. The fourth-order valence-corrected chi connectivity index (χ4v) is 4.65. The summed E-state index contributed by atoms with van der Waals surface area (Å²) in [7, 11) is 0. The van der Waals surface area contributed by atoms with Gasteiger partial charge in [0.05, 0.1) is 12.3 Å². The van der Waals surface area contributed by atoms with E-state index < -0.39 is 0 Å². The number of amides is 2. The summed E-state index contributed by atoms with van der Waals surface area (Å²) in [4.78, 5) is 28.1. The lowest BCUT2D eigenvalue weighted by Gasteiger charge is -2.32. The minimum absolute atomic E-state index is 0.106. The molecule has 1 aromatic carbocycles. The molecule has 1 fully saturated rings. The van der Waals surface area contributed by atoms with Crippen molar-refractivity contribution in [1.82, 2.24) is 10.2 Å². The number of anilines is 1. The molecule has 2 amide bonds. The predicted molar refractivity (Wildman–Crippen MR) is 120 cm³/mol. The summed E-state index contributed by atoms with van der Waals surface area (Å²) in [6.07, 6.45) is 3.20. The van der Waals surface area contributed by atoms with E-state index in [0.29, 0.717) is 30.3 Å². The summed E-state index contributed by atoms with van der Waals surface area (Å²) in [5, 5.41) is 3.04. The van der Waals surface area contributed by atoms with Gasteiger partial charge >= 0.3 is 6.09 Å². The van der Waals surface area contributed by atoms with Crippen molar-refractivity contribution in [2.75, 3.05) is 25.4 Å². The number of hydrogen-bond donors (Lipinski definition) is 2. The van der Waals surface area contributed by atoms with Gasteiger partial charge in [0, 0.05) is 28.5 Å². The second-order valence-corrected chi connectivity index (χ2v) is 9.10. The van der Waals surface area contributed by atoms with E-state index in [4.69, 9.17) is 10.5 Å². The highest BCUT2D eigenvalue weighted by Gasteiger charge is 2.27. The molecule has 0 spiro atoms. The Morgan fingerprint density at radius 3 is 2.97 bits per heavy atom. The molecule has 2 heterocycles. The van der Waals surface area contributed by atoms with E-state index >= 15 is 0 Å². The van der Waals surface area contributed by atoms with E-state index in [-0.39, 0.29) is 18.0 Å². The molecule has 3 rings (SSSR count). The lowest BCUT2D eigenvalue weighted by atomic mass is 10.1. The van der Waals surface area contributed by atoms with Crippen LogP contribution in [0.5, 0.6) is 0 Å². The quantitative estimate of drug-likeness (QED) is 0.577. The summed E-state index contributed by atoms with van der Waals surface area (Å²) in [6.45, 7) is 3.61. The number of rotatable bonds is 6. The molecule has 0 aliphatic carbocycles. The van der Waals surface area contributed by atoms with Gasteiger partial charge in [0.25, 0.3) is 5.91 Å². The van der Waals surface area contributed by atoms with Gasteiger partial charge in [-0.05, 0) is 43.0 Å². The zero-order valence-electron chi connectivity index (χ0n) is 16.4. The number of benzene rings is 1. The van der Waals surface area contributed by atoms with Gasteiger partial charge in [-0.15, -0.1) is 11.3 Å². The third-order valence-corrected chi connectivity index (χ3v) is 6.51. The molecular formula is C21H26BrN3O3S. The second kappa shape index (κ2) is 10.1. The van der Waals surface area contributed by atoms with Crippen molar-refractivity contribution >= 4 is 45.0 Å². The zero-order chi connectivity index (χ0) is 20.8. The number of piperidine rings is 1. The molecule has 6 nitrogen and oxygen atoms in total. The van der Waals surface area contributed by atoms with Crippen molar-refractivity contribution in [1.29, 1.82) is 0 Å². The highest BCUT2D eigenvalue weighted by atomic mass is 79.9. The maximum absolute atomic E-state index is 12.8. The fraction of sp³-hybridized carbons (Fsp3) is 0.429. The first-order valence-electron chi connectivity index (χ1n) is 9.85. The standard InChI is InChI=1S/C21H26BrN3O3S/c1-2-3-10-28-21(27)25-9-5-8-16(13-25)24-20(26)19-17(23)12-18(29-19)14-6-4-7-15(22)11-14/h4,6-7,11-12,16H,2-3,5,8-10,13,23H2,1H3,(H,24,26)/t16-/m0/s1. The molecule has 1 aliphatic rings. The van der Waals surface area contributed by atoms with Crippen LogP contribution in [0.15, 0.2) is 34.8 Å². The predicted octanol–water partition coefficient (Wildman–Crippen LogP) is 4.89. The smallest absolute Gasteiger partial charge is 0.409 e. The number of halogens is 1. The Balaban J connectivity index is 1.62. The molecule has 2 aromatic rings. The van der Waals surface area contributed by atoms with Crippen molar-refractivity contribution in [2.45, 2.75) is 38.6 Å². The van der Waals surface area contributed by atoms with E-state index in [1.54, 1.807) is 4.90 Å². The van der Waals surface area contributed by atoms with E-state index in [1.165, 1.54) is 11.3 Å². The normalized spacial score (nSPS) is 16.5. The van der Waals surface area contributed by atoms with Gasteiger partial charge in [-0.2, -0.15) is 0 Å². The van der Waals surface area contributed by atoms with E-state index in [0.717, 1.165) is 40.6 Å². The van der Waals surface area contributed by atoms with Crippen molar-refractivity contribution in [3.63, 3.8) is 0 Å². The Kier molecular flexibility index (Phi) is 7.55. The number of nitrogen functional groups attached to an aromatic ring is 1. The SMILES string of the molecule is CCCCOC(=O)N1CCC[C@H](NC(=O)c2sc(-c3cccc(Br)c3)cc2N)C1. The van der Waals surface area contributed by atoms with Gasteiger partial charge < -0.3 is 20.7 Å². The van der Waals surface area contributed by atoms with Gasteiger partial charge in [-0.1, -0.05) is 41.4 Å². The number of likely N-dealkylation sites (tertiary alicyclic amines) is 1. The van der Waals surface area contributed by atoms with Gasteiger partial charge in [-0.25, -0.2) is 4.79 Å². The summed E-state index contributed by atoms with van der Waals surface area (Å²) in [5.74, 6) is -0.194. The van der Waals surface area contributed by atoms with Gasteiger partial charge in [0.15, 0.2) is 0 Å². The number of unbranched alkanes of at least 4 members (excludes halogenated alkanes) is 1. The Bertz CT molecular complexity index is 871. The first-order chi connectivity index (χ1) is 14.0. The number of thiophene rings is 1. The molecule has 0 unspecified atom stereocenters. The molecule has 156 valence electrons. The minimum Gasteiger partial charge on any atom is -0.449 e. The number of ether oxygens (including phenoxy) is 1. The summed E-state index contributed by atoms with van der Waals surface area (Å²) in [5.41, 5.74) is 7.59. The molecule has 0 saturated carbocycles. The van der Waals surface area contributed by atoms with Crippen LogP contribution in [0.25, 0.3) is 10.4 Å². The Labute approximate surface area is 183 Å². The second-order valence-electron chi connectivity index (χ2n) is 7.13. The van der Waals surface area contributed by atoms with Gasteiger partial charge in [0.1, 0.15) is 4.88 Å². The summed E-state index contributed by atoms with van der Waals surface area (Å²) in [6, 6.07) is 9.61. The number of nitrogens with two attached hydrogens (primary N) is 1. The lowest BCUT2D eigenvalue weighted by Crippen LogP contribution is -2.49. The summed E-state index contributed by atoms with van der Waals surface area (Å²) >= 11 is 4.84. The molecule has 29 heavy (non-hydrogen) atoms. The molecule has 8 heteroatoms. The van der Waals surface area contributed by atoms with Crippen LogP contribution >= 0.6 is 27.3 Å². The highest BCUT2D eigenvalue weighted by Crippen LogP contribution is 2.34. The average molecular weight is 480 g/mol. The van der Waals surface area contributed by atoms with Crippen LogP contribution < -0.4 is 11.1 Å². The molecule has 3 N–H and O–H groups in total. The largest absolute Gasteiger partial charge is 0.449 e. The first kappa shape index (κ1) is 21.6. The molecule has 1 aromatic heterocycles. The first-order valence-corrected chi connectivity index (χ1v) is 11.5. The Morgan fingerprint density at radius 2 is 2.21 bits per heavy atom. The number of hydrogen-bond acceptors (Lipinski definition) is 5. The molecule has 1 atom stereocenters. The van der Waals surface area contributed by atoms with Crippen LogP contribution in [0.4, 0.5) is 10.5 Å². The van der Waals surface area contributed by atoms with E-state index in [1.807, 2.05) is 30.3 Å². The Morgan fingerprint density at radius 1 is 1.38 bits per heavy atom. The van der Waals surface area contributed by atoms with Gasteiger partial charge in [0.2, 0.25) is 0 Å². The van der Waals surface area contributed by atoms with Crippen molar-refractivity contribution in [3.8, 4) is 10.4 Å². The van der Waals surface area contributed by atoms with Crippen LogP contribution in [0.2, 0.25) is 0 Å². The molecule has 0 radical (unpaired) electrons. The van der Waals surface area contributed by atoms with Crippen LogP contribution in [-0.2, 0) is 4.74 Å². The number of carbonyl (C=O) groups is 2. The average Bonchev–Trinajstić information content (AvgIpc) is 3.10. The van der Waals surface area contributed by atoms with Crippen LogP contribution in [0.3, 0.4) is 0 Å². The molecule has 1 aliphatic heterocycles. The van der Waals surface area contributed by atoms with Crippen LogP contribution in [-0.4, -0.2) is 42.6 Å². The third-order valence-electron chi connectivity index (χ3n) is 4.81. The molecule has 0 bridgehead atoms. The number of nitrogens with zero attached hydrogens (tertiary/aromatic N) is 1. The van der Waals surface area contributed by atoms with Gasteiger partial charge in [-0.3, -0.25) is 4.79 Å². The summed E-state index contributed by atoms with van der Waals surface area (Å²) < 4.78 is 6.27. The van der Waals surface area contributed by atoms with Crippen LogP contribution in [0.1, 0.15) is 42.3 Å². The van der Waals surface area contributed by atoms with Crippen LogP contribution in [0, 0.1) is 0 Å². The fourth-order valence-electron chi connectivity index (χ4n) is 3.27. The third kappa shape index (κ3) is 5.73. The van der Waals surface area contributed by atoms with Crippen molar-refractivity contribution < 1.29 is 14.3 Å².